The van der Waals surface area contributed by atoms with E-state index in [1.807, 2.05) is 0 Å². The zero-order valence-corrected chi connectivity index (χ0v) is 12.1. The van der Waals surface area contributed by atoms with Gasteiger partial charge in [0.2, 0.25) is 0 Å². The van der Waals surface area contributed by atoms with E-state index in [0.717, 1.165) is 23.8 Å². The summed E-state index contributed by atoms with van der Waals surface area (Å²) in [6.45, 7) is 9.90. The SMILES string of the molecule is CCC1CCN(C2C(C)CC(C)CC2NC)C1. The molecule has 1 aliphatic carbocycles. The third-order valence-corrected chi connectivity index (χ3v) is 5.11. The Kier molecular flexibility index (Phi) is 4.48. The third-order valence-electron chi connectivity index (χ3n) is 5.11. The molecule has 1 N–H and O–H groups in total. The monoisotopic (exact) mass is 238 g/mol. The van der Waals surface area contributed by atoms with Crippen molar-refractivity contribution >= 4 is 0 Å². The van der Waals surface area contributed by atoms with Crippen LogP contribution in [-0.2, 0) is 0 Å². The molecule has 2 nitrogen and oxygen atoms in total. The molecule has 2 heteroatoms. The first-order valence-electron chi connectivity index (χ1n) is 7.57. The highest BCUT2D eigenvalue weighted by molar-refractivity contribution is 4.95. The average molecular weight is 238 g/mol. The van der Waals surface area contributed by atoms with Gasteiger partial charge in [-0.05, 0) is 50.6 Å². The van der Waals surface area contributed by atoms with E-state index in [-0.39, 0.29) is 0 Å². The van der Waals surface area contributed by atoms with Gasteiger partial charge >= 0.3 is 0 Å². The van der Waals surface area contributed by atoms with Crippen LogP contribution < -0.4 is 5.32 Å². The molecule has 0 aromatic heterocycles. The smallest absolute Gasteiger partial charge is 0.0275 e. The molecule has 2 aliphatic rings. The van der Waals surface area contributed by atoms with Gasteiger partial charge in [0, 0.05) is 18.6 Å². The fourth-order valence-corrected chi connectivity index (χ4v) is 4.21. The second kappa shape index (κ2) is 5.71. The Morgan fingerprint density at radius 1 is 1.24 bits per heavy atom. The van der Waals surface area contributed by atoms with Crippen LogP contribution in [0.1, 0.15) is 46.5 Å². The number of hydrogen-bond donors (Lipinski definition) is 1. The molecular weight excluding hydrogens is 208 g/mol. The molecule has 0 bridgehead atoms. The van der Waals surface area contributed by atoms with Gasteiger partial charge in [0.05, 0.1) is 0 Å². The number of nitrogens with one attached hydrogen (secondary N) is 1. The normalized spacial score (nSPS) is 44.1. The Balaban J connectivity index is 2.02. The topological polar surface area (TPSA) is 15.3 Å². The van der Waals surface area contributed by atoms with Crippen molar-refractivity contribution in [3.05, 3.63) is 0 Å². The lowest BCUT2D eigenvalue weighted by molar-refractivity contribution is 0.0793. The van der Waals surface area contributed by atoms with E-state index in [4.69, 9.17) is 0 Å². The second-order valence-corrected chi connectivity index (χ2v) is 6.50. The zero-order chi connectivity index (χ0) is 12.4. The van der Waals surface area contributed by atoms with Gasteiger partial charge in [-0.15, -0.1) is 0 Å². The van der Waals surface area contributed by atoms with E-state index in [1.54, 1.807) is 0 Å². The molecule has 0 aromatic carbocycles. The van der Waals surface area contributed by atoms with Gasteiger partial charge in [0.1, 0.15) is 0 Å². The van der Waals surface area contributed by atoms with Crippen LogP contribution in [0, 0.1) is 17.8 Å². The van der Waals surface area contributed by atoms with Gasteiger partial charge in [0.15, 0.2) is 0 Å². The zero-order valence-electron chi connectivity index (χ0n) is 12.1. The van der Waals surface area contributed by atoms with Crippen molar-refractivity contribution in [2.45, 2.75) is 58.5 Å². The first-order chi connectivity index (χ1) is 8.15. The highest BCUT2D eigenvalue weighted by atomic mass is 15.2. The summed E-state index contributed by atoms with van der Waals surface area (Å²) in [5.74, 6) is 2.70. The predicted molar refractivity (Wildman–Crippen MR) is 74.2 cm³/mol. The highest BCUT2D eigenvalue weighted by Crippen LogP contribution is 2.35. The maximum atomic E-state index is 3.58. The molecule has 0 spiro atoms. The van der Waals surface area contributed by atoms with E-state index in [2.05, 4.69) is 38.0 Å². The van der Waals surface area contributed by atoms with E-state index in [9.17, 15) is 0 Å². The van der Waals surface area contributed by atoms with Gasteiger partial charge in [-0.2, -0.15) is 0 Å². The Morgan fingerprint density at radius 3 is 2.59 bits per heavy atom. The van der Waals surface area contributed by atoms with E-state index in [1.165, 1.54) is 38.8 Å². The molecule has 5 unspecified atom stereocenters. The molecule has 0 aromatic rings. The van der Waals surface area contributed by atoms with Gasteiger partial charge in [-0.1, -0.05) is 27.2 Å². The van der Waals surface area contributed by atoms with Crippen LogP contribution in [0.25, 0.3) is 0 Å². The average Bonchev–Trinajstić information content (AvgIpc) is 2.76. The van der Waals surface area contributed by atoms with Gasteiger partial charge in [0.25, 0.3) is 0 Å². The number of likely N-dealkylation sites (tertiary alicyclic amines) is 1. The Labute approximate surface area is 107 Å². The lowest BCUT2D eigenvalue weighted by Gasteiger charge is -2.44. The standard InChI is InChI=1S/C15H30N2/c1-5-13-6-7-17(10-13)15-12(3)8-11(2)9-14(15)16-4/h11-16H,5-10H2,1-4H3. The number of nitrogens with zero attached hydrogens (tertiary/aromatic N) is 1. The molecule has 0 radical (unpaired) electrons. The molecule has 17 heavy (non-hydrogen) atoms. The van der Waals surface area contributed by atoms with E-state index in [0.29, 0.717) is 6.04 Å². The van der Waals surface area contributed by atoms with Crippen LogP contribution in [0.4, 0.5) is 0 Å². The van der Waals surface area contributed by atoms with Crippen LogP contribution >= 0.6 is 0 Å². The summed E-state index contributed by atoms with van der Waals surface area (Å²) in [5, 5.41) is 3.58. The minimum atomic E-state index is 0.712. The number of likely N-dealkylation sites (N-methyl/N-ethyl adjacent to an activating group) is 1. The Morgan fingerprint density at radius 2 is 2.00 bits per heavy atom. The fraction of sp³-hybridized carbons (Fsp3) is 1.00. The quantitative estimate of drug-likeness (QED) is 0.813. The molecule has 100 valence electrons. The van der Waals surface area contributed by atoms with Crippen LogP contribution in [0.3, 0.4) is 0 Å². The molecule has 1 saturated heterocycles. The molecular formula is C15H30N2. The Hall–Kier alpha value is -0.0800. The number of hydrogen-bond acceptors (Lipinski definition) is 2. The van der Waals surface area contributed by atoms with Crippen LogP contribution in [0.2, 0.25) is 0 Å². The van der Waals surface area contributed by atoms with Crippen LogP contribution in [-0.4, -0.2) is 37.1 Å². The van der Waals surface area contributed by atoms with Crippen molar-refractivity contribution in [2.24, 2.45) is 17.8 Å². The lowest BCUT2D eigenvalue weighted by atomic mass is 9.76. The second-order valence-electron chi connectivity index (χ2n) is 6.50. The molecule has 1 heterocycles. The molecule has 2 fully saturated rings. The van der Waals surface area contributed by atoms with Crippen molar-refractivity contribution in [1.29, 1.82) is 0 Å². The van der Waals surface area contributed by atoms with Gasteiger partial charge in [-0.3, -0.25) is 4.90 Å². The van der Waals surface area contributed by atoms with Crippen molar-refractivity contribution < 1.29 is 0 Å². The minimum Gasteiger partial charge on any atom is -0.315 e. The van der Waals surface area contributed by atoms with Crippen LogP contribution in [0.15, 0.2) is 0 Å². The summed E-state index contributed by atoms with van der Waals surface area (Å²) in [6, 6.07) is 1.50. The van der Waals surface area contributed by atoms with Crippen molar-refractivity contribution in [3.8, 4) is 0 Å². The Bertz CT molecular complexity index is 241. The summed E-state index contributed by atoms with van der Waals surface area (Å²) in [6.07, 6.45) is 5.55. The highest BCUT2D eigenvalue weighted by Gasteiger charge is 2.39. The molecule has 0 amide bonds. The molecule has 1 aliphatic heterocycles. The van der Waals surface area contributed by atoms with Crippen molar-refractivity contribution in [1.82, 2.24) is 10.2 Å². The van der Waals surface area contributed by atoms with Crippen molar-refractivity contribution in [3.63, 3.8) is 0 Å². The maximum absolute atomic E-state index is 3.58. The predicted octanol–water partition coefficient (Wildman–Crippen LogP) is 2.74. The van der Waals surface area contributed by atoms with E-state index < -0.39 is 0 Å². The fourth-order valence-electron chi connectivity index (χ4n) is 4.21. The third kappa shape index (κ3) is 2.85. The van der Waals surface area contributed by atoms with Crippen molar-refractivity contribution in [2.75, 3.05) is 20.1 Å². The van der Waals surface area contributed by atoms with Gasteiger partial charge in [-0.25, -0.2) is 0 Å². The summed E-state index contributed by atoms with van der Waals surface area (Å²) < 4.78 is 0. The molecule has 2 rings (SSSR count). The molecule has 5 atom stereocenters. The molecule has 1 saturated carbocycles. The van der Waals surface area contributed by atoms with Gasteiger partial charge < -0.3 is 5.32 Å². The summed E-state index contributed by atoms with van der Waals surface area (Å²) in [4.78, 5) is 2.78. The largest absolute Gasteiger partial charge is 0.315 e. The minimum absolute atomic E-state index is 0.712. The summed E-state index contributed by atoms with van der Waals surface area (Å²) in [5.41, 5.74) is 0. The number of rotatable bonds is 3. The summed E-state index contributed by atoms with van der Waals surface area (Å²) in [7, 11) is 2.15. The first-order valence-corrected chi connectivity index (χ1v) is 7.57. The first kappa shape index (κ1) is 13.4. The maximum Gasteiger partial charge on any atom is 0.0275 e. The van der Waals surface area contributed by atoms with E-state index >= 15 is 0 Å². The lowest BCUT2D eigenvalue weighted by Crippen LogP contribution is -2.55. The van der Waals surface area contributed by atoms with Crippen LogP contribution in [0.5, 0.6) is 0 Å². The summed E-state index contributed by atoms with van der Waals surface area (Å²) >= 11 is 0.